The lowest BCUT2D eigenvalue weighted by Crippen LogP contribution is -2.15. The largest absolute Gasteiger partial charge is 0.326 e. The Morgan fingerprint density at radius 3 is 2.38 bits per heavy atom. The Kier molecular flexibility index (Phi) is 3.36. The van der Waals surface area contributed by atoms with Crippen molar-refractivity contribution < 1.29 is 0 Å². The van der Waals surface area contributed by atoms with Crippen molar-refractivity contribution >= 4 is 11.3 Å². The van der Waals surface area contributed by atoms with Crippen molar-refractivity contribution in [3.63, 3.8) is 0 Å². The van der Waals surface area contributed by atoms with Crippen molar-refractivity contribution in [2.45, 2.75) is 64.3 Å². The summed E-state index contributed by atoms with van der Waals surface area (Å²) < 4.78 is 0. The van der Waals surface area contributed by atoms with Gasteiger partial charge in [-0.3, -0.25) is 0 Å². The zero-order chi connectivity index (χ0) is 11.8. The smallest absolute Gasteiger partial charge is 0.0962 e. The summed E-state index contributed by atoms with van der Waals surface area (Å²) in [6.45, 7) is 7.30. The zero-order valence-electron chi connectivity index (χ0n) is 10.5. The summed E-state index contributed by atoms with van der Waals surface area (Å²) in [5.74, 6) is 0.714. The lowest BCUT2D eigenvalue weighted by molar-refractivity contribution is 0.560. The van der Waals surface area contributed by atoms with E-state index in [1.54, 1.807) is 0 Å². The molecule has 1 heterocycles. The Morgan fingerprint density at radius 1 is 1.31 bits per heavy atom. The van der Waals surface area contributed by atoms with Gasteiger partial charge in [0.25, 0.3) is 0 Å². The van der Waals surface area contributed by atoms with E-state index in [0.29, 0.717) is 12.5 Å². The first kappa shape index (κ1) is 12.1. The van der Waals surface area contributed by atoms with Crippen molar-refractivity contribution in [1.82, 2.24) is 4.98 Å². The first-order valence-corrected chi connectivity index (χ1v) is 7.04. The highest BCUT2D eigenvalue weighted by Gasteiger charge is 2.26. The number of hydrogen-bond donors (Lipinski definition) is 1. The van der Waals surface area contributed by atoms with Crippen LogP contribution in [0.2, 0.25) is 0 Å². The summed E-state index contributed by atoms with van der Waals surface area (Å²) in [7, 11) is 0. The van der Waals surface area contributed by atoms with E-state index in [9.17, 15) is 0 Å². The van der Waals surface area contributed by atoms with Crippen molar-refractivity contribution in [3.05, 3.63) is 15.6 Å². The van der Waals surface area contributed by atoms with E-state index in [4.69, 9.17) is 10.7 Å². The molecule has 0 unspecified atom stereocenters. The second-order valence-corrected chi connectivity index (χ2v) is 6.87. The summed E-state index contributed by atoms with van der Waals surface area (Å²) in [5.41, 5.74) is 7.18. The van der Waals surface area contributed by atoms with Crippen LogP contribution in [-0.4, -0.2) is 4.98 Å². The van der Waals surface area contributed by atoms with Crippen LogP contribution in [0.15, 0.2) is 0 Å². The molecule has 1 aromatic rings. The van der Waals surface area contributed by atoms with E-state index >= 15 is 0 Å². The van der Waals surface area contributed by atoms with Gasteiger partial charge in [0.1, 0.15) is 0 Å². The molecular weight excluding hydrogens is 216 g/mol. The predicted octanol–water partition coefficient (Wildman–Crippen LogP) is 3.56. The molecule has 0 saturated heterocycles. The van der Waals surface area contributed by atoms with Gasteiger partial charge in [0.2, 0.25) is 0 Å². The number of thiazole rings is 1. The lowest BCUT2D eigenvalue weighted by Gasteiger charge is -2.17. The molecule has 0 amide bonds. The zero-order valence-corrected chi connectivity index (χ0v) is 11.4. The van der Waals surface area contributed by atoms with Gasteiger partial charge in [-0.05, 0) is 12.8 Å². The minimum Gasteiger partial charge on any atom is -0.326 e. The monoisotopic (exact) mass is 238 g/mol. The molecule has 2 nitrogen and oxygen atoms in total. The fraction of sp³-hybridized carbons (Fsp3) is 0.769. The van der Waals surface area contributed by atoms with Gasteiger partial charge in [-0.2, -0.15) is 0 Å². The van der Waals surface area contributed by atoms with E-state index in [0.717, 1.165) is 0 Å². The summed E-state index contributed by atoms with van der Waals surface area (Å²) >= 11 is 1.85. The van der Waals surface area contributed by atoms with Crippen LogP contribution in [0.25, 0.3) is 0 Å². The third-order valence-corrected chi connectivity index (χ3v) is 4.55. The lowest BCUT2D eigenvalue weighted by atomic mass is 9.91. The molecule has 0 spiro atoms. The Labute approximate surface area is 102 Å². The minimum absolute atomic E-state index is 0.127. The van der Waals surface area contributed by atoms with Crippen molar-refractivity contribution in [2.75, 3.05) is 0 Å². The van der Waals surface area contributed by atoms with Gasteiger partial charge < -0.3 is 5.73 Å². The molecule has 16 heavy (non-hydrogen) atoms. The average molecular weight is 238 g/mol. The van der Waals surface area contributed by atoms with Gasteiger partial charge in [0, 0.05) is 22.8 Å². The van der Waals surface area contributed by atoms with Gasteiger partial charge >= 0.3 is 0 Å². The standard InChI is InChI=1S/C13H22N2S/c1-13(2,3)11-10(8-14)16-12(15-11)9-6-4-5-7-9/h9H,4-8,14H2,1-3H3. The van der Waals surface area contributed by atoms with Gasteiger partial charge in [-0.25, -0.2) is 4.98 Å². The SMILES string of the molecule is CC(C)(C)c1nc(C2CCCC2)sc1CN. The van der Waals surface area contributed by atoms with Gasteiger partial charge in [-0.1, -0.05) is 33.6 Å². The topological polar surface area (TPSA) is 38.9 Å². The van der Waals surface area contributed by atoms with E-state index < -0.39 is 0 Å². The highest BCUT2D eigenvalue weighted by atomic mass is 32.1. The van der Waals surface area contributed by atoms with Gasteiger partial charge in [-0.15, -0.1) is 11.3 Å². The van der Waals surface area contributed by atoms with Crippen LogP contribution < -0.4 is 5.73 Å². The molecule has 0 aromatic carbocycles. The molecule has 1 aromatic heterocycles. The van der Waals surface area contributed by atoms with E-state index in [-0.39, 0.29) is 5.41 Å². The summed E-state index contributed by atoms with van der Waals surface area (Å²) in [6.07, 6.45) is 5.38. The molecule has 1 aliphatic carbocycles. The number of nitrogens with zero attached hydrogens (tertiary/aromatic N) is 1. The van der Waals surface area contributed by atoms with Crippen molar-refractivity contribution in [2.24, 2.45) is 5.73 Å². The predicted molar refractivity (Wildman–Crippen MR) is 69.9 cm³/mol. The molecule has 0 aliphatic heterocycles. The number of aromatic nitrogens is 1. The molecule has 1 aliphatic rings. The fourth-order valence-corrected chi connectivity index (χ4v) is 3.77. The maximum absolute atomic E-state index is 5.83. The van der Waals surface area contributed by atoms with Crippen molar-refractivity contribution in [1.29, 1.82) is 0 Å². The average Bonchev–Trinajstić information content (AvgIpc) is 2.85. The Morgan fingerprint density at radius 2 is 1.94 bits per heavy atom. The number of nitrogens with two attached hydrogens (primary N) is 1. The Hall–Kier alpha value is -0.410. The highest BCUT2D eigenvalue weighted by molar-refractivity contribution is 7.11. The third-order valence-electron chi connectivity index (χ3n) is 3.31. The summed E-state index contributed by atoms with van der Waals surface area (Å²) in [4.78, 5) is 6.16. The quantitative estimate of drug-likeness (QED) is 0.855. The number of rotatable bonds is 2. The Balaban J connectivity index is 2.31. The first-order chi connectivity index (χ1) is 7.52. The molecule has 90 valence electrons. The van der Waals surface area contributed by atoms with Crippen LogP contribution in [0.3, 0.4) is 0 Å². The first-order valence-electron chi connectivity index (χ1n) is 6.22. The Bertz CT molecular complexity index is 356. The van der Waals surface area contributed by atoms with E-state index in [1.165, 1.54) is 41.3 Å². The molecular formula is C13H22N2S. The van der Waals surface area contributed by atoms with Crippen molar-refractivity contribution in [3.8, 4) is 0 Å². The molecule has 0 bridgehead atoms. The summed E-state index contributed by atoms with van der Waals surface area (Å²) in [5, 5.41) is 1.34. The molecule has 2 rings (SSSR count). The highest BCUT2D eigenvalue weighted by Crippen LogP contribution is 2.39. The van der Waals surface area contributed by atoms with Crippen LogP contribution in [0.4, 0.5) is 0 Å². The van der Waals surface area contributed by atoms with Gasteiger partial charge in [0.05, 0.1) is 10.7 Å². The summed E-state index contributed by atoms with van der Waals surface area (Å²) in [6, 6.07) is 0. The molecule has 1 fully saturated rings. The fourth-order valence-electron chi connectivity index (χ4n) is 2.44. The third kappa shape index (κ3) is 2.30. The molecule has 1 saturated carbocycles. The van der Waals surface area contributed by atoms with Gasteiger partial charge in [0.15, 0.2) is 0 Å². The maximum atomic E-state index is 5.83. The maximum Gasteiger partial charge on any atom is 0.0962 e. The molecule has 0 atom stereocenters. The van der Waals surface area contributed by atoms with Crippen LogP contribution in [-0.2, 0) is 12.0 Å². The van der Waals surface area contributed by atoms with Crippen LogP contribution in [0.5, 0.6) is 0 Å². The molecule has 2 N–H and O–H groups in total. The minimum atomic E-state index is 0.127. The normalized spacial score (nSPS) is 18.2. The molecule has 0 radical (unpaired) electrons. The second-order valence-electron chi connectivity index (χ2n) is 5.76. The van der Waals surface area contributed by atoms with E-state index in [2.05, 4.69) is 20.8 Å². The van der Waals surface area contributed by atoms with Crippen LogP contribution in [0.1, 0.15) is 68.0 Å². The second kappa shape index (κ2) is 4.46. The van der Waals surface area contributed by atoms with Crippen LogP contribution in [0, 0.1) is 0 Å². The molecule has 3 heteroatoms. The number of hydrogen-bond acceptors (Lipinski definition) is 3. The van der Waals surface area contributed by atoms with E-state index in [1.807, 2.05) is 11.3 Å². The van der Waals surface area contributed by atoms with Crippen LogP contribution >= 0.6 is 11.3 Å².